The Bertz CT molecular complexity index is 546. The fraction of sp³-hybridized carbons (Fsp3) is 0.250. The van der Waals surface area contributed by atoms with Gasteiger partial charge in [-0.3, -0.25) is 0 Å². The molecule has 0 aliphatic heterocycles. The molecule has 2 aromatic rings. The van der Waals surface area contributed by atoms with Crippen molar-refractivity contribution in [1.82, 2.24) is 0 Å². The van der Waals surface area contributed by atoms with Crippen LogP contribution >= 0.6 is 0 Å². The minimum absolute atomic E-state index is 0.0907. The highest BCUT2D eigenvalue weighted by molar-refractivity contribution is 5.49. The molecule has 2 aromatic carbocycles. The van der Waals surface area contributed by atoms with Gasteiger partial charge in [-0.05, 0) is 36.8 Å². The predicted octanol–water partition coefficient (Wildman–Crippen LogP) is 4.90. The van der Waals surface area contributed by atoms with E-state index in [2.05, 4.69) is 0 Å². The maximum Gasteiger partial charge on any atom is 0.416 e. The van der Waals surface area contributed by atoms with Crippen LogP contribution in [0.4, 0.5) is 18.9 Å². The van der Waals surface area contributed by atoms with Crippen molar-refractivity contribution in [2.45, 2.75) is 19.1 Å². The summed E-state index contributed by atoms with van der Waals surface area (Å²) in [6.45, 7) is 2.02. The van der Waals surface area contributed by atoms with Gasteiger partial charge in [0, 0.05) is 12.7 Å². The fourth-order valence-electron chi connectivity index (χ4n) is 2.06. The molecular weight excluding hydrogens is 263 g/mol. The third-order valence-electron chi connectivity index (χ3n) is 3.46. The van der Waals surface area contributed by atoms with E-state index < -0.39 is 11.7 Å². The van der Waals surface area contributed by atoms with Crippen LogP contribution in [0.15, 0.2) is 54.6 Å². The number of hydrogen-bond acceptors (Lipinski definition) is 1. The average molecular weight is 279 g/mol. The first kappa shape index (κ1) is 14.4. The van der Waals surface area contributed by atoms with Crippen molar-refractivity contribution in [1.29, 1.82) is 0 Å². The predicted molar refractivity (Wildman–Crippen MR) is 74.7 cm³/mol. The second kappa shape index (κ2) is 5.57. The molecule has 4 heteroatoms. The molecule has 0 spiro atoms. The Hall–Kier alpha value is -1.97. The SMILES string of the molecule is C[C@H](c1ccccc1)N(C)c1ccc(C(F)(F)F)cc1. The van der Waals surface area contributed by atoms with Crippen molar-refractivity contribution in [3.8, 4) is 0 Å². The van der Waals surface area contributed by atoms with Crippen LogP contribution in [0.3, 0.4) is 0 Å². The first-order valence-electron chi connectivity index (χ1n) is 6.34. The highest BCUT2D eigenvalue weighted by atomic mass is 19.4. The number of alkyl halides is 3. The van der Waals surface area contributed by atoms with E-state index in [9.17, 15) is 13.2 Å². The van der Waals surface area contributed by atoms with E-state index in [4.69, 9.17) is 0 Å². The lowest BCUT2D eigenvalue weighted by Crippen LogP contribution is -2.21. The molecule has 0 fully saturated rings. The summed E-state index contributed by atoms with van der Waals surface area (Å²) in [7, 11) is 1.88. The molecule has 0 aliphatic rings. The summed E-state index contributed by atoms with van der Waals surface area (Å²) in [5, 5.41) is 0. The molecule has 0 aliphatic carbocycles. The quantitative estimate of drug-likeness (QED) is 0.772. The Labute approximate surface area is 116 Å². The fourth-order valence-corrected chi connectivity index (χ4v) is 2.06. The van der Waals surface area contributed by atoms with Crippen molar-refractivity contribution in [2.75, 3.05) is 11.9 Å². The van der Waals surface area contributed by atoms with Crippen molar-refractivity contribution >= 4 is 5.69 Å². The summed E-state index contributed by atoms with van der Waals surface area (Å²) in [6, 6.07) is 15.2. The summed E-state index contributed by atoms with van der Waals surface area (Å²) >= 11 is 0. The van der Waals surface area contributed by atoms with Gasteiger partial charge in [0.25, 0.3) is 0 Å². The van der Waals surface area contributed by atoms with E-state index in [-0.39, 0.29) is 6.04 Å². The van der Waals surface area contributed by atoms with E-state index in [0.29, 0.717) is 0 Å². The molecule has 0 bridgehead atoms. The average Bonchev–Trinajstić information content (AvgIpc) is 2.46. The van der Waals surface area contributed by atoms with Gasteiger partial charge in [0.1, 0.15) is 0 Å². The van der Waals surface area contributed by atoms with Crippen LogP contribution in [0, 0.1) is 0 Å². The topological polar surface area (TPSA) is 3.24 Å². The van der Waals surface area contributed by atoms with Gasteiger partial charge < -0.3 is 4.90 Å². The molecule has 0 radical (unpaired) electrons. The Morgan fingerprint density at radius 1 is 0.900 bits per heavy atom. The summed E-state index contributed by atoms with van der Waals surface area (Å²) in [6.07, 6.45) is -4.29. The number of nitrogens with zero attached hydrogens (tertiary/aromatic N) is 1. The van der Waals surface area contributed by atoms with Crippen molar-refractivity contribution in [3.05, 3.63) is 65.7 Å². The molecule has 1 atom stereocenters. The molecule has 0 saturated carbocycles. The highest BCUT2D eigenvalue weighted by Crippen LogP contribution is 2.32. The van der Waals surface area contributed by atoms with Crippen LogP contribution in [-0.2, 0) is 6.18 Å². The lowest BCUT2D eigenvalue weighted by Gasteiger charge is -2.27. The maximum absolute atomic E-state index is 12.5. The molecule has 0 saturated heterocycles. The smallest absolute Gasteiger partial charge is 0.368 e. The summed E-state index contributed by atoms with van der Waals surface area (Å²) in [5.41, 5.74) is 1.26. The number of anilines is 1. The van der Waals surface area contributed by atoms with E-state index in [1.165, 1.54) is 12.1 Å². The molecule has 0 N–H and O–H groups in total. The lowest BCUT2D eigenvalue weighted by atomic mass is 10.1. The van der Waals surface area contributed by atoms with Gasteiger partial charge in [-0.25, -0.2) is 0 Å². The minimum Gasteiger partial charge on any atom is -0.368 e. The lowest BCUT2D eigenvalue weighted by molar-refractivity contribution is -0.137. The number of halogens is 3. The Morgan fingerprint density at radius 3 is 1.95 bits per heavy atom. The maximum atomic E-state index is 12.5. The van der Waals surface area contributed by atoms with Gasteiger partial charge in [-0.1, -0.05) is 30.3 Å². The van der Waals surface area contributed by atoms with Gasteiger partial charge >= 0.3 is 6.18 Å². The normalized spacial score (nSPS) is 13.1. The Morgan fingerprint density at radius 2 is 1.45 bits per heavy atom. The van der Waals surface area contributed by atoms with Gasteiger partial charge in [0.05, 0.1) is 11.6 Å². The van der Waals surface area contributed by atoms with Gasteiger partial charge in [-0.15, -0.1) is 0 Å². The van der Waals surface area contributed by atoms with Gasteiger partial charge in [0.2, 0.25) is 0 Å². The standard InChI is InChI=1S/C16H16F3N/c1-12(13-6-4-3-5-7-13)20(2)15-10-8-14(9-11-15)16(17,18)19/h3-12H,1-2H3/t12-/m1/s1. The summed E-state index contributed by atoms with van der Waals surface area (Å²) < 4.78 is 37.6. The molecule has 0 aromatic heterocycles. The third-order valence-corrected chi connectivity index (χ3v) is 3.46. The minimum atomic E-state index is -4.29. The monoisotopic (exact) mass is 279 g/mol. The molecule has 0 heterocycles. The number of benzene rings is 2. The first-order valence-corrected chi connectivity index (χ1v) is 6.34. The van der Waals surface area contributed by atoms with Crippen LogP contribution in [-0.4, -0.2) is 7.05 Å². The first-order chi connectivity index (χ1) is 9.39. The van der Waals surface area contributed by atoms with Crippen LogP contribution in [0.25, 0.3) is 0 Å². The van der Waals surface area contributed by atoms with Crippen molar-refractivity contribution < 1.29 is 13.2 Å². The van der Waals surface area contributed by atoms with Crippen LogP contribution in [0.2, 0.25) is 0 Å². The molecule has 0 amide bonds. The second-order valence-corrected chi connectivity index (χ2v) is 4.74. The Kier molecular flexibility index (Phi) is 4.02. The third kappa shape index (κ3) is 3.13. The highest BCUT2D eigenvalue weighted by Gasteiger charge is 2.30. The number of hydrogen-bond donors (Lipinski definition) is 0. The zero-order chi connectivity index (χ0) is 14.8. The molecular formula is C16H16F3N. The molecule has 2 rings (SSSR count). The van der Waals surface area contributed by atoms with E-state index in [0.717, 1.165) is 23.4 Å². The largest absolute Gasteiger partial charge is 0.416 e. The van der Waals surface area contributed by atoms with E-state index in [1.54, 1.807) is 0 Å². The summed E-state index contributed by atoms with van der Waals surface area (Å²) in [4.78, 5) is 1.95. The van der Waals surface area contributed by atoms with E-state index >= 15 is 0 Å². The van der Waals surface area contributed by atoms with Crippen LogP contribution in [0.5, 0.6) is 0 Å². The molecule has 1 nitrogen and oxygen atoms in total. The molecule has 20 heavy (non-hydrogen) atoms. The molecule has 0 unspecified atom stereocenters. The van der Waals surface area contributed by atoms with E-state index in [1.807, 2.05) is 49.2 Å². The van der Waals surface area contributed by atoms with Crippen molar-refractivity contribution in [3.63, 3.8) is 0 Å². The van der Waals surface area contributed by atoms with Crippen molar-refractivity contribution in [2.24, 2.45) is 0 Å². The Balaban J connectivity index is 2.19. The second-order valence-electron chi connectivity index (χ2n) is 4.74. The van der Waals surface area contributed by atoms with Crippen LogP contribution < -0.4 is 4.90 Å². The zero-order valence-electron chi connectivity index (χ0n) is 11.4. The zero-order valence-corrected chi connectivity index (χ0v) is 11.4. The van der Waals surface area contributed by atoms with Crippen LogP contribution in [0.1, 0.15) is 24.1 Å². The van der Waals surface area contributed by atoms with Gasteiger partial charge in [0.15, 0.2) is 0 Å². The number of rotatable bonds is 3. The summed E-state index contributed by atoms with van der Waals surface area (Å²) in [5.74, 6) is 0. The van der Waals surface area contributed by atoms with Gasteiger partial charge in [-0.2, -0.15) is 13.2 Å². The molecule has 106 valence electrons.